The van der Waals surface area contributed by atoms with Crippen LogP contribution in [0.15, 0.2) is 11.1 Å². The summed E-state index contributed by atoms with van der Waals surface area (Å²) >= 11 is 0. The first-order valence-electron chi connectivity index (χ1n) is 7.12. The van der Waals surface area contributed by atoms with Gasteiger partial charge in [-0.3, -0.25) is 9.78 Å². The fourth-order valence-corrected chi connectivity index (χ4v) is 3.43. The summed E-state index contributed by atoms with van der Waals surface area (Å²) in [5.41, 5.74) is 5.49. The van der Waals surface area contributed by atoms with Gasteiger partial charge in [0.05, 0.1) is 12.9 Å². The standard InChI is InChI=1S/C12H20N5O5P.Na/c1-2-22-23(20,21)4-3-8(6-18)5-17-7-14-9-10(17)15-12(13)16-11(9)19;/h7-8,18H,2-6H2,1H3,(H,20,21)(H3,13,15,16,19);/q;+1/p-1. The molecule has 0 radical (unpaired) electrons. The SMILES string of the molecule is CCOP(=O)([O-])CCC(CO)Cn1cnc2c(=O)[nH]c(N)nc21.[Na+]. The molecule has 0 aliphatic carbocycles. The number of aromatic amines is 1. The molecule has 24 heavy (non-hydrogen) atoms. The molecule has 10 nitrogen and oxygen atoms in total. The summed E-state index contributed by atoms with van der Waals surface area (Å²) in [5, 5.41) is 9.45. The van der Waals surface area contributed by atoms with E-state index >= 15 is 0 Å². The number of aliphatic hydroxyl groups excluding tert-OH is 1. The van der Waals surface area contributed by atoms with Crippen molar-refractivity contribution < 1.29 is 48.6 Å². The molecule has 0 saturated carbocycles. The largest absolute Gasteiger partial charge is 1.00 e. The third-order valence-corrected chi connectivity index (χ3v) is 4.80. The van der Waals surface area contributed by atoms with Gasteiger partial charge in [0.1, 0.15) is 7.60 Å². The van der Waals surface area contributed by atoms with Crippen LogP contribution >= 0.6 is 7.60 Å². The maximum atomic E-state index is 11.7. The Hall–Kier alpha value is -0.740. The number of rotatable bonds is 8. The Bertz CT molecular complexity index is 779. The molecule has 2 rings (SSSR count). The Labute approximate surface area is 160 Å². The number of aliphatic hydroxyl groups is 1. The Balaban J connectivity index is 0.00000288. The van der Waals surface area contributed by atoms with Crippen molar-refractivity contribution in [2.75, 3.05) is 25.1 Å². The summed E-state index contributed by atoms with van der Waals surface area (Å²) in [6, 6.07) is 0. The molecule has 0 aromatic carbocycles. The third kappa shape index (κ3) is 5.38. The normalized spacial score (nSPS) is 15.0. The molecular weight excluding hydrogens is 348 g/mol. The monoisotopic (exact) mass is 367 g/mol. The summed E-state index contributed by atoms with van der Waals surface area (Å²) in [4.78, 5) is 33.6. The summed E-state index contributed by atoms with van der Waals surface area (Å²) in [6.07, 6.45) is 1.46. The van der Waals surface area contributed by atoms with E-state index in [9.17, 15) is 19.4 Å². The topological polar surface area (TPSA) is 159 Å². The van der Waals surface area contributed by atoms with Crippen LogP contribution in [-0.4, -0.2) is 44.0 Å². The number of imidazole rings is 1. The van der Waals surface area contributed by atoms with Gasteiger partial charge in [0.25, 0.3) is 5.56 Å². The van der Waals surface area contributed by atoms with Crippen molar-refractivity contribution in [3.05, 3.63) is 16.7 Å². The van der Waals surface area contributed by atoms with Crippen molar-refractivity contribution in [1.29, 1.82) is 0 Å². The van der Waals surface area contributed by atoms with Gasteiger partial charge in [0.2, 0.25) is 5.95 Å². The maximum Gasteiger partial charge on any atom is 1.00 e. The number of hydrogen-bond donors (Lipinski definition) is 3. The fourth-order valence-electron chi connectivity index (χ4n) is 2.22. The molecule has 128 valence electrons. The Morgan fingerprint density at radius 2 is 2.29 bits per heavy atom. The Kier molecular flexibility index (Phi) is 8.07. The number of H-pyrrole nitrogens is 1. The van der Waals surface area contributed by atoms with Crippen LogP contribution in [0.1, 0.15) is 13.3 Å². The number of anilines is 1. The maximum absolute atomic E-state index is 11.7. The van der Waals surface area contributed by atoms with Crippen LogP contribution in [0.3, 0.4) is 0 Å². The number of fused-ring (bicyclic) bond motifs is 1. The van der Waals surface area contributed by atoms with Crippen LogP contribution < -0.4 is 45.7 Å². The number of nitrogens with two attached hydrogens (primary N) is 1. The summed E-state index contributed by atoms with van der Waals surface area (Å²) in [5.74, 6) is -0.386. The van der Waals surface area contributed by atoms with Gasteiger partial charge in [0.15, 0.2) is 11.2 Å². The number of aromatic nitrogens is 4. The predicted molar refractivity (Wildman–Crippen MR) is 81.9 cm³/mol. The van der Waals surface area contributed by atoms with E-state index < -0.39 is 13.2 Å². The van der Waals surface area contributed by atoms with Crippen molar-refractivity contribution in [3.8, 4) is 0 Å². The summed E-state index contributed by atoms with van der Waals surface area (Å²) in [7, 11) is -3.89. The van der Waals surface area contributed by atoms with Crippen molar-refractivity contribution >= 4 is 24.7 Å². The molecule has 12 heteroatoms. The zero-order valence-electron chi connectivity index (χ0n) is 13.6. The number of hydrogen-bond acceptors (Lipinski definition) is 8. The number of nitrogens with zero attached hydrogens (tertiary/aromatic N) is 3. The van der Waals surface area contributed by atoms with Gasteiger partial charge in [0, 0.05) is 25.2 Å². The van der Waals surface area contributed by atoms with Crippen LogP contribution in [-0.2, 0) is 15.6 Å². The molecule has 2 aromatic heterocycles. The fraction of sp³-hybridized carbons (Fsp3) is 0.583. The number of nitrogen functional groups attached to an aromatic ring is 1. The molecule has 4 N–H and O–H groups in total. The van der Waals surface area contributed by atoms with E-state index in [2.05, 4.69) is 19.5 Å². The van der Waals surface area contributed by atoms with Crippen LogP contribution in [0.4, 0.5) is 5.95 Å². The molecule has 0 saturated heterocycles. The third-order valence-electron chi connectivity index (χ3n) is 3.34. The minimum atomic E-state index is -3.89. The van der Waals surface area contributed by atoms with Gasteiger partial charge < -0.3 is 29.4 Å². The molecule has 0 spiro atoms. The van der Waals surface area contributed by atoms with E-state index in [1.54, 1.807) is 11.5 Å². The van der Waals surface area contributed by atoms with E-state index in [0.717, 1.165) is 0 Å². The minimum Gasteiger partial charge on any atom is -0.778 e. The first-order valence-corrected chi connectivity index (χ1v) is 8.85. The quantitative estimate of drug-likeness (QED) is 0.317. The average molecular weight is 367 g/mol. The van der Waals surface area contributed by atoms with Gasteiger partial charge in [-0.15, -0.1) is 0 Å². The minimum absolute atomic E-state index is 0. The van der Waals surface area contributed by atoms with Gasteiger partial charge >= 0.3 is 29.6 Å². The van der Waals surface area contributed by atoms with Gasteiger partial charge in [-0.05, 0) is 13.3 Å². The van der Waals surface area contributed by atoms with Crippen molar-refractivity contribution in [2.45, 2.75) is 19.9 Å². The molecule has 0 aliphatic rings. The van der Waals surface area contributed by atoms with Crippen LogP contribution in [0, 0.1) is 5.92 Å². The predicted octanol–water partition coefficient (Wildman–Crippen LogP) is -3.71. The molecule has 0 aliphatic heterocycles. The van der Waals surface area contributed by atoms with Gasteiger partial charge in [-0.1, -0.05) is 0 Å². The molecule has 0 fully saturated rings. The zero-order valence-corrected chi connectivity index (χ0v) is 16.5. The number of nitrogens with one attached hydrogen (secondary N) is 1. The average Bonchev–Trinajstić information content (AvgIpc) is 2.86. The molecule has 0 amide bonds. The van der Waals surface area contributed by atoms with E-state index in [1.165, 1.54) is 6.33 Å². The first-order chi connectivity index (χ1) is 10.9. The van der Waals surface area contributed by atoms with Crippen LogP contribution in [0.5, 0.6) is 0 Å². The van der Waals surface area contributed by atoms with Crippen LogP contribution in [0.25, 0.3) is 11.2 Å². The second kappa shape index (κ2) is 9.10. The second-order valence-corrected chi connectivity index (χ2v) is 7.04. The second-order valence-electron chi connectivity index (χ2n) is 5.11. The van der Waals surface area contributed by atoms with Gasteiger partial charge in [-0.25, -0.2) is 4.98 Å². The summed E-state index contributed by atoms with van der Waals surface area (Å²) in [6.45, 7) is 1.72. The smallest absolute Gasteiger partial charge is 0.778 e. The van der Waals surface area contributed by atoms with Crippen LogP contribution in [0.2, 0.25) is 0 Å². The van der Waals surface area contributed by atoms with Crippen molar-refractivity contribution in [3.63, 3.8) is 0 Å². The molecular formula is C12H19N5NaO5P. The first kappa shape index (κ1) is 21.3. The van der Waals surface area contributed by atoms with E-state index in [0.29, 0.717) is 5.65 Å². The molecule has 2 aromatic rings. The van der Waals surface area contributed by atoms with Crippen molar-refractivity contribution in [1.82, 2.24) is 19.5 Å². The van der Waals surface area contributed by atoms with Crippen molar-refractivity contribution in [2.24, 2.45) is 5.92 Å². The molecule has 0 bridgehead atoms. The van der Waals surface area contributed by atoms with E-state index in [-0.39, 0.29) is 79.3 Å². The Morgan fingerprint density at radius 3 is 2.92 bits per heavy atom. The molecule has 2 atom stereocenters. The van der Waals surface area contributed by atoms with E-state index in [1.807, 2.05) is 0 Å². The summed E-state index contributed by atoms with van der Waals surface area (Å²) < 4.78 is 17.8. The van der Waals surface area contributed by atoms with E-state index in [4.69, 9.17) is 5.73 Å². The molecule has 2 heterocycles. The zero-order chi connectivity index (χ0) is 17.0. The van der Waals surface area contributed by atoms with Gasteiger partial charge in [-0.2, -0.15) is 4.98 Å². The Morgan fingerprint density at radius 1 is 1.58 bits per heavy atom. The molecule has 2 unspecified atom stereocenters.